The second-order valence-corrected chi connectivity index (χ2v) is 7.60. The highest BCUT2D eigenvalue weighted by atomic mass is 31.2. The average molecular weight is 316 g/mol. The van der Waals surface area contributed by atoms with Gasteiger partial charge < -0.3 is 4.52 Å². The molecule has 0 aliphatic rings. The zero-order chi connectivity index (χ0) is 16.0. The Kier molecular flexibility index (Phi) is 5.70. The Balaban J connectivity index is 2.45. The van der Waals surface area contributed by atoms with Crippen LogP contribution in [0.25, 0.3) is 0 Å². The zero-order valence-corrected chi connectivity index (χ0v) is 13.8. The SMILES string of the molecule is CCO[P@](=O)(c1ccccc1)[C@H](CC)C(=O)c1ccccc1. The molecule has 0 aliphatic heterocycles. The van der Waals surface area contributed by atoms with E-state index in [-0.39, 0.29) is 5.78 Å². The Bertz CT molecular complexity index is 653. The summed E-state index contributed by atoms with van der Waals surface area (Å²) in [4.78, 5) is 12.8. The van der Waals surface area contributed by atoms with Gasteiger partial charge in [0.25, 0.3) is 0 Å². The molecule has 2 rings (SSSR count). The quantitative estimate of drug-likeness (QED) is 0.565. The molecule has 4 heteroatoms. The standard InChI is InChI=1S/C18H21O3P/c1-3-17(18(19)15-11-7-5-8-12-15)22(20,21-4-2)16-13-9-6-10-14-16/h5-14,17H,3-4H2,1-2H3/t17-,22-/m1/s1. The number of carbonyl (C=O) groups is 1. The number of benzene rings is 2. The number of hydrogen-bond donors (Lipinski definition) is 0. The van der Waals surface area contributed by atoms with Crippen LogP contribution in [-0.4, -0.2) is 18.0 Å². The van der Waals surface area contributed by atoms with Crippen LogP contribution in [0.4, 0.5) is 0 Å². The molecule has 22 heavy (non-hydrogen) atoms. The first-order valence-corrected chi connectivity index (χ1v) is 9.22. The van der Waals surface area contributed by atoms with Crippen LogP contribution < -0.4 is 5.30 Å². The molecule has 2 atom stereocenters. The molecular formula is C18H21O3P. The Morgan fingerprint density at radius 1 is 1.00 bits per heavy atom. The van der Waals surface area contributed by atoms with Crippen LogP contribution in [0, 0.1) is 0 Å². The molecule has 0 aliphatic carbocycles. The lowest BCUT2D eigenvalue weighted by molar-refractivity contribution is 0.0980. The summed E-state index contributed by atoms with van der Waals surface area (Å²) in [5, 5.41) is 0.605. The largest absolute Gasteiger partial charge is 0.325 e. The summed E-state index contributed by atoms with van der Waals surface area (Å²) in [5.74, 6) is -0.122. The van der Waals surface area contributed by atoms with Crippen LogP contribution in [-0.2, 0) is 9.09 Å². The minimum atomic E-state index is -3.25. The summed E-state index contributed by atoms with van der Waals surface area (Å²) in [7, 11) is -3.25. The Labute approximate surface area is 131 Å². The molecular weight excluding hydrogens is 295 g/mol. The summed E-state index contributed by atoms with van der Waals surface area (Å²) < 4.78 is 19.2. The normalized spacial score (nSPS) is 15.0. The third kappa shape index (κ3) is 3.37. The van der Waals surface area contributed by atoms with Crippen molar-refractivity contribution in [1.29, 1.82) is 0 Å². The van der Waals surface area contributed by atoms with Gasteiger partial charge >= 0.3 is 0 Å². The van der Waals surface area contributed by atoms with Crippen LogP contribution >= 0.6 is 7.37 Å². The third-order valence-electron chi connectivity index (χ3n) is 3.59. The fraction of sp³-hybridized carbons (Fsp3) is 0.278. The molecule has 0 aromatic heterocycles. The molecule has 2 aromatic rings. The van der Waals surface area contributed by atoms with Crippen molar-refractivity contribution < 1.29 is 13.9 Å². The summed E-state index contributed by atoms with van der Waals surface area (Å²) in [6.07, 6.45) is 0.472. The fourth-order valence-electron chi connectivity index (χ4n) is 2.55. The molecule has 0 fully saturated rings. The van der Waals surface area contributed by atoms with Gasteiger partial charge in [-0.25, -0.2) is 0 Å². The van der Waals surface area contributed by atoms with Gasteiger partial charge in [-0.2, -0.15) is 0 Å². The number of Topliss-reactive ketones (excluding diaryl/α,β-unsaturated/α-hetero) is 1. The lowest BCUT2D eigenvalue weighted by atomic mass is 10.1. The lowest BCUT2D eigenvalue weighted by Crippen LogP contribution is -2.27. The number of rotatable bonds is 7. The maximum absolute atomic E-state index is 13.5. The monoisotopic (exact) mass is 316 g/mol. The second kappa shape index (κ2) is 7.53. The van der Waals surface area contributed by atoms with E-state index >= 15 is 0 Å². The van der Waals surface area contributed by atoms with Gasteiger partial charge in [0.15, 0.2) is 5.78 Å². The van der Waals surface area contributed by atoms with Gasteiger partial charge in [0.05, 0.1) is 6.61 Å². The van der Waals surface area contributed by atoms with Gasteiger partial charge in [-0.15, -0.1) is 0 Å². The highest BCUT2D eigenvalue weighted by Gasteiger charge is 2.39. The van der Waals surface area contributed by atoms with Crippen LogP contribution in [0.1, 0.15) is 30.6 Å². The Morgan fingerprint density at radius 2 is 1.55 bits per heavy atom. The first-order valence-electron chi connectivity index (χ1n) is 7.52. The second-order valence-electron chi connectivity index (χ2n) is 5.00. The summed E-state index contributed by atoms with van der Waals surface area (Å²) in [5.41, 5.74) is -0.0811. The maximum atomic E-state index is 13.5. The minimum Gasteiger partial charge on any atom is -0.325 e. The highest BCUT2D eigenvalue weighted by molar-refractivity contribution is 7.68. The molecule has 0 unspecified atom stereocenters. The van der Waals surface area contributed by atoms with Crippen LogP contribution in [0.2, 0.25) is 0 Å². The summed E-state index contributed by atoms with van der Waals surface area (Å²) in [6.45, 7) is 3.99. The van der Waals surface area contributed by atoms with Crippen molar-refractivity contribution >= 4 is 18.5 Å². The van der Waals surface area contributed by atoms with E-state index in [2.05, 4.69) is 0 Å². The van der Waals surface area contributed by atoms with Crippen molar-refractivity contribution in [2.45, 2.75) is 25.9 Å². The van der Waals surface area contributed by atoms with E-state index in [9.17, 15) is 9.36 Å². The van der Waals surface area contributed by atoms with Gasteiger partial charge in [-0.1, -0.05) is 55.5 Å². The van der Waals surface area contributed by atoms with Crippen molar-refractivity contribution in [3.63, 3.8) is 0 Å². The molecule has 3 nitrogen and oxygen atoms in total. The van der Waals surface area contributed by atoms with E-state index in [1.165, 1.54) is 0 Å². The zero-order valence-electron chi connectivity index (χ0n) is 12.9. The molecule has 0 spiro atoms. The van der Waals surface area contributed by atoms with Gasteiger partial charge in [0, 0.05) is 10.9 Å². The summed E-state index contributed by atoms with van der Waals surface area (Å²) in [6, 6.07) is 18.0. The van der Waals surface area contributed by atoms with Crippen LogP contribution in [0.5, 0.6) is 0 Å². The minimum absolute atomic E-state index is 0.122. The van der Waals surface area contributed by atoms with E-state index in [1.807, 2.05) is 43.3 Å². The van der Waals surface area contributed by atoms with Gasteiger partial charge in [0.1, 0.15) is 5.66 Å². The van der Waals surface area contributed by atoms with Crippen molar-refractivity contribution in [2.24, 2.45) is 0 Å². The molecule has 2 aromatic carbocycles. The van der Waals surface area contributed by atoms with Crippen molar-refractivity contribution in [1.82, 2.24) is 0 Å². The molecule has 116 valence electrons. The van der Waals surface area contributed by atoms with E-state index < -0.39 is 13.0 Å². The van der Waals surface area contributed by atoms with Gasteiger partial charge in [0.2, 0.25) is 7.37 Å². The lowest BCUT2D eigenvalue weighted by Gasteiger charge is -2.25. The topological polar surface area (TPSA) is 43.4 Å². The average Bonchev–Trinajstić information content (AvgIpc) is 2.57. The molecule has 0 amide bonds. The van der Waals surface area contributed by atoms with Crippen LogP contribution in [0.15, 0.2) is 60.7 Å². The fourth-order valence-corrected chi connectivity index (χ4v) is 5.15. The smallest absolute Gasteiger partial charge is 0.242 e. The number of hydrogen-bond acceptors (Lipinski definition) is 3. The van der Waals surface area contributed by atoms with E-state index in [4.69, 9.17) is 4.52 Å². The predicted molar refractivity (Wildman–Crippen MR) is 90.2 cm³/mol. The van der Waals surface area contributed by atoms with Crippen molar-refractivity contribution in [3.05, 3.63) is 66.2 Å². The van der Waals surface area contributed by atoms with Crippen molar-refractivity contribution in [2.75, 3.05) is 6.61 Å². The first kappa shape index (κ1) is 16.7. The van der Waals surface area contributed by atoms with Gasteiger partial charge in [-0.3, -0.25) is 9.36 Å². The van der Waals surface area contributed by atoms with Gasteiger partial charge in [-0.05, 0) is 25.5 Å². The van der Waals surface area contributed by atoms with E-state index in [0.29, 0.717) is 23.9 Å². The number of ketones is 1. The highest BCUT2D eigenvalue weighted by Crippen LogP contribution is 2.53. The molecule has 0 radical (unpaired) electrons. The van der Waals surface area contributed by atoms with Crippen LogP contribution in [0.3, 0.4) is 0 Å². The Morgan fingerprint density at radius 3 is 2.05 bits per heavy atom. The Hall–Kier alpha value is -1.70. The summed E-state index contributed by atoms with van der Waals surface area (Å²) >= 11 is 0. The molecule has 0 saturated heterocycles. The molecule has 0 heterocycles. The molecule has 0 bridgehead atoms. The predicted octanol–water partition coefficient (Wildman–Crippen LogP) is 4.29. The maximum Gasteiger partial charge on any atom is 0.242 e. The molecule has 0 saturated carbocycles. The molecule has 0 N–H and O–H groups in total. The van der Waals surface area contributed by atoms with E-state index in [0.717, 1.165) is 0 Å². The third-order valence-corrected chi connectivity index (χ3v) is 6.67. The number of carbonyl (C=O) groups excluding carboxylic acids is 1. The first-order chi connectivity index (χ1) is 10.6. The van der Waals surface area contributed by atoms with Crippen molar-refractivity contribution in [3.8, 4) is 0 Å². The van der Waals surface area contributed by atoms with E-state index in [1.54, 1.807) is 31.2 Å².